The second kappa shape index (κ2) is 5.29. The van der Waals surface area contributed by atoms with Crippen molar-refractivity contribution in [2.24, 2.45) is 0 Å². The molecule has 1 aliphatic carbocycles. The number of methoxy groups -OCH3 is 1. The molecule has 0 aliphatic heterocycles. The minimum atomic E-state index is 0.499. The van der Waals surface area contributed by atoms with Gasteiger partial charge in [0, 0.05) is 13.2 Å². The Morgan fingerprint density at radius 3 is 2.67 bits per heavy atom. The molecule has 0 bridgehead atoms. The van der Waals surface area contributed by atoms with Gasteiger partial charge in [-0.05, 0) is 31.4 Å². The first-order chi connectivity index (χ1) is 7.38. The van der Waals surface area contributed by atoms with E-state index < -0.39 is 0 Å². The second-order valence-corrected chi connectivity index (χ2v) is 4.22. The van der Waals surface area contributed by atoms with Gasteiger partial charge < -0.3 is 10.1 Å². The fourth-order valence-electron chi connectivity index (χ4n) is 1.99. The average molecular weight is 205 g/mol. The minimum Gasteiger partial charge on any atom is -0.381 e. The maximum absolute atomic E-state index is 5.24. The van der Waals surface area contributed by atoms with Gasteiger partial charge >= 0.3 is 0 Å². The van der Waals surface area contributed by atoms with E-state index in [0.29, 0.717) is 12.1 Å². The van der Waals surface area contributed by atoms with Crippen molar-refractivity contribution in [3.05, 3.63) is 35.9 Å². The first kappa shape index (κ1) is 10.7. The van der Waals surface area contributed by atoms with E-state index in [1.165, 1.54) is 18.4 Å². The van der Waals surface area contributed by atoms with Crippen LogP contribution in [0.15, 0.2) is 30.3 Å². The summed E-state index contributed by atoms with van der Waals surface area (Å²) >= 11 is 0. The largest absolute Gasteiger partial charge is 0.381 e. The highest BCUT2D eigenvalue weighted by Crippen LogP contribution is 2.22. The lowest BCUT2D eigenvalue weighted by molar-refractivity contribution is 0.0177. The van der Waals surface area contributed by atoms with Crippen LogP contribution in [0.5, 0.6) is 0 Å². The van der Waals surface area contributed by atoms with Gasteiger partial charge in [0.2, 0.25) is 0 Å². The zero-order valence-electron chi connectivity index (χ0n) is 9.28. The van der Waals surface area contributed by atoms with Gasteiger partial charge in [-0.25, -0.2) is 0 Å². The van der Waals surface area contributed by atoms with Gasteiger partial charge in [-0.3, -0.25) is 0 Å². The Labute approximate surface area is 91.6 Å². The number of nitrogens with one attached hydrogen (secondary N) is 1. The number of benzene rings is 1. The van der Waals surface area contributed by atoms with Gasteiger partial charge in [0.05, 0.1) is 6.10 Å². The molecule has 0 spiro atoms. The molecule has 0 saturated heterocycles. The Balaban J connectivity index is 1.60. The van der Waals surface area contributed by atoms with Crippen LogP contribution in [0.1, 0.15) is 18.4 Å². The topological polar surface area (TPSA) is 21.3 Å². The number of ether oxygens (including phenoxy) is 1. The molecule has 0 unspecified atom stereocenters. The number of rotatable bonds is 5. The zero-order chi connectivity index (χ0) is 10.5. The molecule has 1 saturated carbocycles. The summed E-state index contributed by atoms with van der Waals surface area (Å²) in [6.45, 7) is 1.07. The second-order valence-electron chi connectivity index (χ2n) is 4.22. The molecule has 0 amide bonds. The number of hydrogen-bond donors (Lipinski definition) is 1. The van der Waals surface area contributed by atoms with Gasteiger partial charge in [0.15, 0.2) is 0 Å². The Morgan fingerprint density at radius 2 is 2.00 bits per heavy atom. The van der Waals surface area contributed by atoms with E-state index in [-0.39, 0.29) is 0 Å². The minimum absolute atomic E-state index is 0.499. The van der Waals surface area contributed by atoms with Crippen molar-refractivity contribution < 1.29 is 4.74 Å². The van der Waals surface area contributed by atoms with Crippen LogP contribution in [0.4, 0.5) is 0 Å². The monoisotopic (exact) mass is 205 g/mol. The summed E-state index contributed by atoms with van der Waals surface area (Å²) in [6.07, 6.45) is 3.96. The van der Waals surface area contributed by atoms with Crippen LogP contribution in [0.2, 0.25) is 0 Å². The smallest absolute Gasteiger partial charge is 0.0601 e. The Hall–Kier alpha value is -0.860. The van der Waals surface area contributed by atoms with Gasteiger partial charge in [-0.2, -0.15) is 0 Å². The van der Waals surface area contributed by atoms with Crippen LogP contribution in [0.3, 0.4) is 0 Å². The molecule has 1 N–H and O–H groups in total. The lowest BCUT2D eigenvalue weighted by atomic mass is 9.89. The van der Waals surface area contributed by atoms with Crippen molar-refractivity contribution >= 4 is 0 Å². The average Bonchev–Trinajstić information content (AvgIpc) is 2.23. The van der Waals surface area contributed by atoms with Crippen molar-refractivity contribution in [2.45, 2.75) is 31.4 Å². The van der Waals surface area contributed by atoms with E-state index in [9.17, 15) is 0 Å². The molecule has 0 aromatic heterocycles. The summed E-state index contributed by atoms with van der Waals surface area (Å²) in [5, 5.41) is 3.55. The lowest BCUT2D eigenvalue weighted by Gasteiger charge is -2.34. The summed E-state index contributed by atoms with van der Waals surface area (Å²) in [6, 6.07) is 11.3. The van der Waals surface area contributed by atoms with E-state index in [1.54, 1.807) is 7.11 Å². The lowest BCUT2D eigenvalue weighted by Crippen LogP contribution is -2.45. The molecule has 2 nitrogen and oxygen atoms in total. The normalized spacial score (nSPS) is 24.9. The Bertz CT molecular complexity index is 280. The van der Waals surface area contributed by atoms with Crippen LogP contribution in [0, 0.1) is 0 Å². The quantitative estimate of drug-likeness (QED) is 0.794. The van der Waals surface area contributed by atoms with E-state index in [4.69, 9.17) is 4.74 Å². The van der Waals surface area contributed by atoms with E-state index in [2.05, 4.69) is 35.6 Å². The molecule has 1 aromatic rings. The molecule has 1 aromatic carbocycles. The van der Waals surface area contributed by atoms with Crippen LogP contribution in [-0.2, 0) is 11.2 Å². The summed E-state index contributed by atoms with van der Waals surface area (Å²) < 4.78 is 5.24. The molecule has 82 valence electrons. The predicted molar refractivity (Wildman–Crippen MR) is 62.0 cm³/mol. The van der Waals surface area contributed by atoms with Crippen LogP contribution in [-0.4, -0.2) is 25.8 Å². The maximum Gasteiger partial charge on any atom is 0.0601 e. The number of hydrogen-bond acceptors (Lipinski definition) is 2. The van der Waals surface area contributed by atoms with E-state index in [1.807, 2.05) is 0 Å². The molecular weight excluding hydrogens is 186 g/mol. The summed E-state index contributed by atoms with van der Waals surface area (Å²) in [4.78, 5) is 0. The molecule has 1 fully saturated rings. The third-order valence-corrected chi connectivity index (χ3v) is 3.12. The van der Waals surface area contributed by atoms with Gasteiger partial charge in [-0.1, -0.05) is 30.3 Å². The highest BCUT2D eigenvalue weighted by atomic mass is 16.5. The standard InChI is InChI=1S/C13H19NO/c1-15-13-9-12(10-13)14-8-7-11-5-3-2-4-6-11/h2-6,12-14H,7-10H2,1H3. The first-order valence-corrected chi connectivity index (χ1v) is 5.68. The van der Waals surface area contributed by atoms with Crippen molar-refractivity contribution in [3.63, 3.8) is 0 Å². The molecule has 2 heteroatoms. The fraction of sp³-hybridized carbons (Fsp3) is 0.538. The molecule has 2 rings (SSSR count). The molecule has 0 radical (unpaired) electrons. The maximum atomic E-state index is 5.24. The predicted octanol–water partition coefficient (Wildman–Crippen LogP) is 2.00. The van der Waals surface area contributed by atoms with Crippen molar-refractivity contribution in [1.29, 1.82) is 0 Å². The third-order valence-electron chi connectivity index (χ3n) is 3.12. The fourth-order valence-corrected chi connectivity index (χ4v) is 1.99. The van der Waals surface area contributed by atoms with Crippen LogP contribution >= 0.6 is 0 Å². The summed E-state index contributed by atoms with van der Waals surface area (Å²) in [5.74, 6) is 0. The molecule has 1 aliphatic rings. The SMILES string of the molecule is COC1CC(NCCc2ccccc2)C1. The molecule has 0 atom stereocenters. The van der Waals surface area contributed by atoms with Crippen molar-refractivity contribution in [2.75, 3.05) is 13.7 Å². The highest BCUT2D eigenvalue weighted by molar-refractivity contribution is 5.14. The van der Waals surface area contributed by atoms with Gasteiger partial charge in [0.25, 0.3) is 0 Å². The van der Waals surface area contributed by atoms with Gasteiger partial charge in [0.1, 0.15) is 0 Å². The van der Waals surface area contributed by atoms with E-state index in [0.717, 1.165) is 13.0 Å². The van der Waals surface area contributed by atoms with E-state index >= 15 is 0 Å². The third kappa shape index (κ3) is 3.05. The summed E-state index contributed by atoms with van der Waals surface area (Å²) in [7, 11) is 1.80. The van der Waals surface area contributed by atoms with Crippen molar-refractivity contribution in [3.8, 4) is 0 Å². The Morgan fingerprint density at radius 1 is 1.27 bits per heavy atom. The van der Waals surface area contributed by atoms with Gasteiger partial charge in [-0.15, -0.1) is 0 Å². The Kier molecular flexibility index (Phi) is 3.75. The zero-order valence-corrected chi connectivity index (χ0v) is 9.28. The first-order valence-electron chi connectivity index (χ1n) is 5.68. The summed E-state index contributed by atoms with van der Waals surface area (Å²) in [5.41, 5.74) is 1.41. The van der Waals surface area contributed by atoms with Crippen molar-refractivity contribution in [1.82, 2.24) is 5.32 Å². The van der Waals surface area contributed by atoms with Crippen LogP contribution in [0.25, 0.3) is 0 Å². The molecular formula is C13H19NO. The highest BCUT2D eigenvalue weighted by Gasteiger charge is 2.27. The molecule has 15 heavy (non-hydrogen) atoms. The molecule has 0 heterocycles. The van der Waals surface area contributed by atoms with Crippen LogP contribution < -0.4 is 5.32 Å².